The van der Waals surface area contributed by atoms with Crippen molar-refractivity contribution in [2.45, 2.75) is 71.1 Å². The highest BCUT2D eigenvalue weighted by molar-refractivity contribution is 5.11. The number of hydrogen-bond acceptors (Lipinski definition) is 2. The average molecular weight is 267 g/mol. The average Bonchev–Trinajstić information content (AvgIpc) is 2.69. The molecule has 1 aliphatic rings. The predicted octanol–water partition coefficient (Wildman–Crippen LogP) is 3.01. The number of alkyl halides is 1. The Hall–Kier alpha value is -0.900. The van der Waals surface area contributed by atoms with Crippen molar-refractivity contribution in [3.63, 3.8) is 0 Å². The lowest BCUT2D eigenvalue weighted by Crippen LogP contribution is -2.40. The maximum absolute atomic E-state index is 14.8. The monoisotopic (exact) mass is 267 g/mol. The topological polar surface area (TPSA) is 29.9 Å². The zero-order chi connectivity index (χ0) is 13.9. The van der Waals surface area contributed by atoms with Crippen LogP contribution in [0, 0.1) is 6.92 Å². The van der Waals surface area contributed by atoms with Crippen molar-refractivity contribution in [1.82, 2.24) is 15.1 Å². The maximum Gasteiger partial charge on any atom is 0.115 e. The van der Waals surface area contributed by atoms with Gasteiger partial charge in [-0.25, -0.2) is 4.39 Å². The molecular formula is C15H26FN3. The maximum atomic E-state index is 14.8. The van der Waals surface area contributed by atoms with Crippen LogP contribution in [0.4, 0.5) is 4.39 Å². The largest absolute Gasteiger partial charge is 0.314 e. The van der Waals surface area contributed by atoms with Gasteiger partial charge >= 0.3 is 0 Å². The van der Waals surface area contributed by atoms with Crippen LogP contribution in [0.2, 0.25) is 0 Å². The Morgan fingerprint density at radius 2 is 2.32 bits per heavy atom. The third-order valence-electron chi connectivity index (χ3n) is 3.92. The van der Waals surface area contributed by atoms with Gasteiger partial charge in [0.2, 0.25) is 0 Å². The molecule has 1 aromatic rings. The highest BCUT2D eigenvalue weighted by Crippen LogP contribution is 2.26. The summed E-state index contributed by atoms with van der Waals surface area (Å²) in [5, 5.41) is 7.83. The minimum absolute atomic E-state index is 0.336. The molecule has 1 aromatic heterocycles. The van der Waals surface area contributed by atoms with E-state index in [-0.39, 0.29) is 0 Å². The van der Waals surface area contributed by atoms with Crippen molar-refractivity contribution in [1.29, 1.82) is 0 Å². The molecule has 2 heterocycles. The molecular weight excluding hydrogens is 241 g/mol. The molecule has 2 unspecified atom stereocenters. The Morgan fingerprint density at radius 3 is 2.95 bits per heavy atom. The third-order valence-corrected chi connectivity index (χ3v) is 3.92. The van der Waals surface area contributed by atoms with Gasteiger partial charge in [-0.2, -0.15) is 5.10 Å². The number of aromatic nitrogens is 2. The van der Waals surface area contributed by atoms with Crippen LogP contribution in [0.25, 0.3) is 0 Å². The molecule has 0 aromatic carbocycles. The van der Waals surface area contributed by atoms with E-state index in [4.69, 9.17) is 0 Å². The number of nitrogens with one attached hydrogen (secondary N) is 1. The van der Waals surface area contributed by atoms with Gasteiger partial charge in [-0.1, -0.05) is 6.42 Å². The van der Waals surface area contributed by atoms with Gasteiger partial charge in [0, 0.05) is 24.7 Å². The van der Waals surface area contributed by atoms with Gasteiger partial charge in [-0.05, 0) is 52.6 Å². The lowest BCUT2D eigenvalue weighted by atomic mass is 9.89. The van der Waals surface area contributed by atoms with Crippen molar-refractivity contribution in [3.05, 3.63) is 17.5 Å². The van der Waals surface area contributed by atoms with E-state index >= 15 is 0 Å². The molecule has 0 radical (unpaired) electrons. The number of halogens is 1. The van der Waals surface area contributed by atoms with E-state index in [1.807, 2.05) is 24.6 Å². The molecule has 1 saturated heterocycles. The van der Waals surface area contributed by atoms with E-state index in [0.717, 1.165) is 30.9 Å². The number of rotatable bonds is 5. The summed E-state index contributed by atoms with van der Waals surface area (Å²) in [5.41, 5.74) is 0.832. The molecule has 3 nitrogen and oxygen atoms in total. The minimum atomic E-state index is -1.16. The van der Waals surface area contributed by atoms with E-state index < -0.39 is 5.67 Å². The van der Waals surface area contributed by atoms with Crippen LogP contribution in [0.15, 0.2) is 6.07 Å². The second-order valence-corrected chi connectivity index (χ2v) is 6.03. The van der Waals surface area contributed by atoms with Crippen LogP contribution in [0.3, 0.4) is 0 Å². The van der Waals surface area contributed by atoms with Crippen LogP contribution in [-0.2, 0) is 13.0 Å². The van der Waals surface area contributed by atoms with Gasteiger partial charge in [-0.15, -0.1) is 0 Å². The minimum Gasteiger partial charge on any atom is -0.314 e. The molecule has 0 bridgehead atoms. The molecule has 2 atom stereocenters. The summed E-state index contributed by atoms with van der Waals surface area (Å²) in [4.78, 5) is 0. The van der Waals surface area contributed by atoms with E-state index in [2.05, 4.69) is 10.4 Å². The molecule has 0 amide bonds. The fourth-order valence-electron chi connectivity index (χ4n) is 3.08. The van der Waals surface area contributed by atoms with Gasteiger partial charge in [0.25, 0.3) is 0 Å². The van der Waals surface area contributed by atoms with Crippen LogP contribution in [-0.4, -0.2) is 28.0 Å². The third kappa shape index (κ3) is 4.03. The normalized spacial score (nSPS) is 23.3. The van der Waals surface area contributed by atoms with Crippen molar-refractivity contribution >= 4 is 0 Å². The Balaban J connectivity index is 1.98. The van der Waals surface area contributed by atoms with Crippen molar-refractivity contribution in [3.8, 4) is 0 Å². The number of piperidine rings is 1. The van der Waals surface area contributed by atoms with Crippen molar-refractivity contribution in [2.24, 2.45) is 0 Å². The molecule has 1 N–H and O–H groups in total. The molecule has 19 heavy (non-hydrogen) atoms. The van der Waals surface area contributed by atoms with Crippen LogP contribution in [0.5, 0.6) is 0 Å². The molecule has 1 fully saturated rings. The van der Waals surface area contributed by atoms with E-state index in [0.29, 0.717) is 18.9 Å². The molecule has 0 spiro atoms. The summed E-state index contributed by atoms with van der Waals surface area (Å²) in [6.07, 6.45) is 4.60. The zero-order valence-corrected chi connectivity index (χ0v) is 12.4. The lowest BCUT2D eigenvalue weighted by Gasteiger charge is -2.30. The summed E-state index contributed by atoms with van der Waals surface area (Å²) >= 11 is 0. The van der Waals surface area contributed by atoms with Crippen molar-refractivity contribution in [2.75, 3.05) is 6.54 Å². The van der Waals surface area contributed by atoms with Gasteiger partial charge in [-0.3, -0.25) is 4.68 Å². The van der Waals surface area contributed by atoms with Crippen LogP contribution in [0.1, 0.15) is 50.9 Å². The Bertz CT molecular complexity index is 406. The first-order chi connectivity index (χ1) is 9.00. The summed E-state index contributed by atoms with van der Waals surface area (Å²) < 4.78 is 16.7. The van der Waals surface area contributed by atoms with Gasteiger partial charge in [0.05, 0.1) is 5.69 Å². The molecule has 1 aliphatic heterocycles. The highest BCUT2D eigenvalue weighted by atomic mass is 19.1. The van der Waals surface area contributed by atoms with Crippen molar-refractivity contribution < 1.29 is 4.39 Å². The smallest absolute Gasteiger partial charge is 0.115 e. The van der Waals surface area contributed by atoms with Crippen LogP contribution < -0.4 is 5.32 Å². The Labute approximate surface area is 115 Å². The summed E-state index contributed by atoms with van der Waals surface area (Å²) in [5.74, 6) is 0. The number of aryl methyl sites for hydroxylation is 2. The molecule has 4 heteroatoms. The number of nitrogens with zero attached hydrogens (tertiary/aromatic N) is 2. The molecule has 2 rings (SSSR count). The van der Waals surface area contributed by atoms with Gasteiger partial charge in [0.1, 0.15) is 5.67 Å². The van der Waals surface area contributed by atoms with E-state index in [1.54, 1.807) is 6.92 Å². The predicted molar refractivity (Wildman–Crippen MR) is 76.1 cm³/mol. The SMILES string of the molecule is CCn1nc(C)cc1CC(C)(F)CC1CCCCN1. The quantitative estimate of drug-likeness (QED) is 0.888. The molecule has 108 valence electrons. The van der Waals surface area contributed by atoms with Gasteiger partial charge in [0.15, 0.2) is 0 Å². The fourth-order valence-corrected chi connectivity index (χ4v) is 3.08. The highest BCUT2D eigenvalue weighted by Gasteiger charge is 2.30. The van der Waals surface area contributed by atoms with Crippen LogP contribution >= 0.6 is 0 Å². The van der Waals surface area contributed by atoms with Gasteiger partial charge < -0.3 is 5.32 Å². The van der Waals surface area contributed by atoms with E-state index in [1.165, 1.54) is 12.8 Å². The summed E-state index contributed by atoms with van der Waals surface area (Å²) in [6.45, 7) is 7.58. The lowest BCUT2D eigenvalue weighted by molar-refractivity contribution is 0.143. The second kappa shape index (κ2) is 6.04. The zero-order valence-electron chi connectivity index (χ0n) is 12.4. The first-order valence-electron chi connectivity index (χ1n) is 7.46. The standard InChI is InChI=1S/C15H26FN3/c1-4-19-14(9-12(2)18-19)11-15(3,16)10-13-7-5-6-8-17-13/h9,13,17H,4-8,10-11H2,1-3H3. The molecule has 0 saturated carbocycles. The first kappa shape index (κ1) is 14.5. The van der Waals surface area contributed by atoms with E-state index in [9.17, 15) is 4.39 Å². The Morgan fingerprint density at radius 1 is 1.53 bits per heavy atom. The summed E-state index contributed by atoms with van der Waals surface area (Å²) in [6, 6.07) is 2.35. The number of hydrogen-bond donors (Lipinski definition) is 1. The molecule has 0 aliphatic carbocycles. The Kier molecular flexibility index (Phi) is 4.61. The second-order valence-electron chi connectivity index (χ2n) is 6.03. The fraction of sp³-hybridized carbons (Fsp3) is 0.800. The summed E-state index contributed by atoms with van der Waals surface area (Å²) in [7, 11) is 0. The first-order valence-corrected chi connectivity index (χ1v) is 7.46.